The molecule has 1 aromatic heterocycles. The maximum atomic E-state index is 6.76. The SMILES string of the molecule is N/C(=C\C(=N/CN1c2ccc3c(sc4ccc(-c5ccc(-c6ccccc6)cc5)cc43)c2C2c3ccccc3-c3ccccc3C21)c1ccccc1)c1ccccc1. The normalized spacial score (nSPS) is 15.9. The zero-order valence-corrected chi connectivity index (χ0v) is 32.6. The van der Waals surface area contributed by atoms with Gasteiger partial charge in [-0.05, 0) is 79.9 Å². The number of nitrogens with zero attached hydrogens (tertiary/aromatic N) is 2. The Hall–Kier alpha value is -7.01. The third-order valence-electron chi connectivity index (χ3n) is 12.0. The molecule has 8 aromatic carbocycles. The van der Waals surface area contributed by atoms with Gasteiger partial charge in [-0.15, -0.1) is 11.3 Å². The molecule has 58 heavy (non-hydrogen) atoms. The van der Waals surface area contributed by atoms with E-state index in [1.807, 2.05) is 53.8 Å². The molecular formula is C54H39N3S. The van der Waals surface area contributed by atoms with Crippen LogP contribution in [0.3, 0.4) is 0 Å². The molecule has 0 saturated carbocycles. The van der Waals surface area contributed by atoms with Crippen molar-refractivity contribution in [2.75, 3.05) is 11.6 Å². The second-order valence-corrected chi connectivity index (χ2v) is 16.3. The third-order valence-corrected chi connectivity index (χ3v) is 13.2. The van der Waals surface area contributed by atoms with E-state index < -0.39 is 0 Å². The molecule has 276 valence electrons. The van der Waals surface area contributed by atoms with Crippen molar-refractivity contribution in [3.63, 3.8) is 0 Å². The van der Waals surface area contributed by atoms with Crippen LogP contribution in [0.1, 0.15) is 39.8 Å². The van der Waals surface area contributed by atoms with Crippen LogP contribution in [0.25, 0.3) is 59.3 Å². The molecular weight excluding hydrogens is 723 g/mol. The summed E-state index contributed by atoms with van der Waals surface area (Å²) >= 11 is 1.92. The second-order valence-electron chi connectivity index (χ2n) is 15.2. The number of allylic oxidation sites excluding steroid dienone is 1. The molecule has 0 amide bonds. The maximum Gasteiger partial charge on any atom is 0.111 e. The Balaban J connectivity index is 1.06. The van der Waals surface area contributed by atoms with Crippen LogP contribution in [0, 0.1) is 0 Å². The minimum absolute atomic E-state index is 0.0758. The first kappa shape index (κ1) is 34.3. The average Bonchev–Trinajstić information content (AvgIpc) is 3.84. The predicted octanol–water partition coefficient (Wildman–Crippen LogP) is 13.5. The number of fused-ring (bicyclic) bond motifs is 12. The first-order chi connectivity index (χ1) is 28.7. The molecule has 3 nitrogen and oxygen atoms in total. The molecule has 0 bridgehead atoms. The summed E-state index contributed by atoms with van der Waals surface area (Å²) < 4.78 is 2.66. The van der Waals surface area contributed by atoms with Gasteiger partial charge in [0.15, 0.2) is 0 Å². The molecule has 0 fully saturated rings. The Labute approximate surface area is 342 Å². The topological polar surface area (TPSA) is 41.6 Å². The van der Waals surface area contributed by atoms with Gasteiger partial charge in [-0.25, -0.2) is 0 Å². The molecule has 2 atom stereocenters. The van der Waals surface area contributed by atoms with Crippen LogP contribution in [0.15, 0.2) is 205 Å². The summed E-state index contributed by atoms with van der Waals surface area (Å²) in [5.41, 5.74) is 23.2. The van der Waals surface area contributed by atoms with Gasteiger partial charge >= 0.3 is 0 Å². The van der Waals surface area contributed by atoms with E-state index >= 15 is 0 Å². The van der Waals surface area contributed by atoms with Gasteiger partial charge in [-0.3, -0.25) is 4.99 Å². The summed E-state index contributed by atoms with van der Waals surface area (Å²) in [6.07, 6.45) is 2.03. The Kier molecular flexibility index (Phi) is 8.37. The van der Waals surface area contributed by atoms with E-state index in [0.29, 0.717) is 12.4 Å². The fraction of sp³-hybridized carbons (Fsp3) is 0.0556. The molecule has 2 N–H and O–H groups in total. The minimum Gasteiger partial charge on any atom is -0.398 e. The molecule has 9 aromatic rings. The highest BCUT2D eigenvalue weighted by molar-refractivity contribution is 7.26. The van der Waals surface area contributed by atoms with Gasteiger partial charge in [0.2, 0.25) is 0 Å². The van der Waals surface area contributed by atoms with Gasteiger partial charge < -0.3 is 10.6 Å². The van der Waals surface area contributed by atoms with Crippen molar-refractivity contribution in [1.82, 2.24) is 0 Å². The van der Waals surface area contributed by atoms with Gasteiger partial charge in [-0.1, -0.05) is 176 Å². The summed E-state index contributed by atoms with van der Waals surface area (Å²) in [7, 11) is 0. The van der Waals surface area contributed by atoms with Gasteiger partial charge in [0, 0.05) is 43.0 Å². The van der Waals surface area contributed by atoms with E-state index in [2.05, 4.69) is 163 Å². The van der Waals surface area contributed by atoms with Gasteiger partial charge in [-0.2, -0.15) is 0 Å². The Morgan fingerprint density at radius 2 is 1.12 bits per heavy atom. The van der Waals surface area contributed by atoms with Gasteiger partial charge in [0.1, 0.15) is 6.67 Å². The van der Waals surface area contributed by atoms with Gasteiger partial charge in [0.25, 0.3) is 0 Å². The summed E-state index contributed by atoms with van der Waals surface area (Å²) in [6, 6.07) is 69.9. The largest absolute Gasteiger partial charge is 0.398 e. The molecule has 1 aliphatic heterocycles. The van der Waals surface area contributed by atoms with Crippen LogP contribution in [0.4, 0.5) is 5.69 Å². The zero-order chi connectivity index (χ0) is 38.6. The molecule has 0 radical (unpaired) electrons. The monoisotopic (exact) mass is 761 g/mol. The predicted molar refractivity (Wildman–Crippen MR) is 246 cm³/mol. The van der Waals surface area contributed by atoms with Crippen LogP contribution in [-0.2, 0) is 0 Å². The average molecular weight is 762 g/mol. The number of hydrogen-bond donors (Lipinski definition) is 1. The molecule has 2 unspecified atom stereocenters. The summed E-state index contributed by atoms with van der Waals surface area (Å²) in [5.74, 6) is 0.142. The number of rotatable bonds is 7. The van der Waals surface area contributed by atoms with E-state index in [9.17, 15) is 0 Å². The molecule has 2 heterocycles. The Morgan fingerprint density at radius 1 is 0.552 bits per heavy atom. The zero-order valence-electron chi connectivity index (χ0n) is 31.8. The molecule has 2 aliphatic rings. The lowest BCUT2D eigenvalue weighted by Gasteiger charge is -2.36. The van der Waals surface area contributed by atoms with Crippen molar-refractivity contribution in [3.05, 3.63) is 228 Å². The van der Waals surface area contributed by atoms with E-state index in [1.54, 1.807) is 0 Å². The lowest BCUT2D eigenvalue weighted by atomic mass is 9.74. The Bertz CT molecular complexity index is 3040. The first-order valence-corrected chi connectivity index (χ1v) is 20.7. The standard InChI is InChI=1S/C54H39N3S/c55-47(38-16-6-2-7-17-38)33-48(39-18-8-3-9-19-39)56-34-57-49-30-29-45-46-32-40(37-26-24-36(25-27-37)35-14-4-1-5-15-35)28-31-50(46)58-54(45)52(49)51-43-22-12-10-20-41(43)42-21-11-13-23-44(42)53(51)57/h1-33,51,53H,34,55H2/b47-33-,56-48+. The van der Waals surface area contributed by atoms with E-state index in [4.69, 9.17) is 10.7 Å². The van der Waals surface area contributed by atoms with Crippen LogP contribution in [0.5, 0.6) is 0 Å². The Morgan fingerprint density at radius 3 is 1.84 bits per heavy atom. The highest BCUT2D eigenvalue weighted by Gasteiger charge is 2.46. The first-order valence-electron chi connectivity index (χ1n) is 19.9. The summed E-state index contributed by atoms with van der Waals surface area (Å²) in [5, 5.41) is 2.61. The second kappa shape index (κ2) is 14.2. The van der Waals surface area contributed by atoms with Crippen LogP contribution in [-0.4, -0.2) is 12.4 Å². The number of benzene rings is 8. The van der Waals surface area contributed by atoms with Crippen LogP contribution < -0.4 is 10.6 Å². The molecule has 1 aliphatic carbocycles. The van der Waals surface area contributed by atoms with Crippen molar-refractivity contribution in [2.45, 2.75) is 12.0 Å². The number of anilines is 1. The maximum absolute atomic E-state index is 6.76. The quantitative estimate of drug-likeness (QED) is 0.164. The van der Waals surface area contributed by atoms with Crippen molar-refractivity contribution in [2.24, 2.45) is 10.7 Å². The number of thiophene rings is 1. The summed E-state index contributed by atoms with van der Waals surface area (Å²) in [4.78, 5) is 7.99. The molecule has 4 heteroatoms. The molecule has 0 spiro atoms. The highest BCUT2D eigenvalue weighted by Crippen LogP contribution is 2.61. The minimum atomic E-state index is 0.0758. The highest BCUT2D eigenvalue weighted by atomic mass is 32.1. The third kappa shape index (κ3) is 5.76. The van der Waals surface area contributed by atoms with E-state index in [1.165, 1.54) is 75.9 Å². The number of hydrogen-bond acceptors (Lipinski definition) is 4. The lowest BCUT2D eigenvalue weighted by Crippen LogP contribution is -2.30. The van der Waals surface area contributed by atoms with Crippen molar-refractivity contribution < 1.29 is 0 Å². The fourth-order valence-corrected chi connectivity index (χ4v) is 10.5. The fourth-order valence-electron chi connectivity index (χ4n) is 9.25. The van der Waals surface area contributed by atoms with Crippen molar-refractivity contribution in [3.8, 4) is 33.4 Å². The number of aliphatic imine (C=N–C) groups is 1. The van der Waals surface area contributed by atoms with Gasteiger partial charge in [0.05, 0.1) is 11.8 Å². The molecule has 0 saturated heterocycles. The lowest BCUT2D eigenvalue weighted by molar-refractivity contribution is 0.603. The summed E-state index contributed by atoms with van der Waals surface area (Å²) in [6.45, 7) is 0.479. The molecule has 11 rings (SSSR count). The van der Waals surface area contributed by atoms with Crippen LogP contribution in [0.2, 0.25) is 0 Å². The number of nitrogens with two attached hydrogens (primary N) is 1. The van der Waals surface area contributed by atoms with E-state index in [0.717, 1.165) is 16.8 Å². The van der Waals surface area contributed by atoms with Crippen LogP contribution >= 0.6 is 11.3 Å². The van der Waals surface area contributed by atoms with E-state index in [-0.39, 0.29) is 12.0 Å². The smallest absolute Gasteiger partial charge is 0.111 e. The van der Waals surface area contributed by atoms with Crippen molar-refractivity contribution in [1.29, 1.82) is 0 Å². The van der Waals surface area contributed by atoms with Crippen molar-refractivity contribution >= 4 is 48.6 Å².